The van der Waals surface area contributed by atoms with Crippen LogP contribution in [-0.4, -0.2) is 19.5 Å². The molecule has 0 atom stereocenters. The summed E-state index contributed by atoms with van der Waals surface area (Å²) in [6, 6.07) is 5.94. The van der Waals surface area contributed by atoms with Crippen molar-refractivity contribution in [1.29, 1.82) is 0 Å². The number of pyridine rings is 2. The second-order valence-electron chi connectivity index (χ2n) is 5.09. The lowest BCUT2D eigenvalue weighted by molar-refractivity contribution is 0.913. The molecule has 5 nitrogen and oxygen atoms in total. The van der Waals surface area contributed by atoms with Crippen LogP contribution < -0.4 is 5.73 Å². The number of fused-ring (bicyclic) bond motifs is 1. The molecule has 0 fully saturated rings. The molecule has 0 amide bonds. The topological polar surface area (TPSA) is 69.6 Å². The minimum Gasteiger partial charge on any atom is -0.397 e. The minimum absolute atomic E-state index is 0.742. The molecule has 0 saturated heterocycles. The van der Waals surface area contributed by atoms with Gasteiger partial charge in [-0.1, -0.05) is 0 Å². The van der Waals surface area contributed by atoms with Crippen molar-refractivity contribution < 1.29 is 0 Å². The number of nitrogen functional groups attached to an aromatic ring is 1. The van der Waals surface area contributed by atoms with Gasteiger partial charge < -0.3 is 10.3 Å². The van der Waals surface area contributed by atoms with Crippen molar-refractivity contribution in [3.8, 4) is 22.5 Å². The number of nitrogens with zero attached hydrogens (tertiary/aromatic N) is 4. The summed E-state index contributed by atoms with van der Waals surface area (Å²) in [6.45, 7) is 0. The molecule has 0 aliphatic heterocycles. The van der Waals surface area contributed by atoms with Crippen LogP contribution in [0.2, 0.25) is 0 Å². The molecular weight excluding hydrogens is 294 g/mol. The second-order valence-corrected chi connectivity index (χ2v) is 5.95. The van der Waals surface area contributed by atoms with E-state index < -0.39 is 0 Å². The smallest absolute Gasteiger partial charge is 0.126 e. The summed E-state index contributed by atoms with van der Waals surface area (Å²) in [7, 11) is 1.95. The molecule has 6 heteroatoms. The lowest BCUT2D eigenvalue weighted by Crippen LogP contribution is -1.90. The Morgan fingerprint density at radius 2 is 2.18 bits per heavy atom. The molecule has 0 radical (unpaired) electrons. The average molecular weight is 307 g/mol. The fraction of sp³-hybridized carbons (Fsp3) is 0.0625. The third-order valence-corrected chi connectivity index (χ3v) is 4.40. The molecule has 0 aliphatic carbocycles. The van der Waals surface area contributed by atoms with Crippen LogP contribution in [0.1, 0.15) is 0 Å². The Hall–Kier alpha value is -2.73. The third kappa shape index (κ3) is 2.05. The number of imidazole rings is 1. The summed E-state index contributed by atoms with van der Waals surface area (Å²) in [6.07, 6.45) is 7.34. The van der Waals surface area contributed by atoms with Gasteiger partial charge >= 0.3 is 0 Å². The van der Waals surface area contributed by atoms with Gasteiger partial charge in [0.2, 0.25) is 0 Å². The molecule has 0 aromatic carbocycles. The molecule has 0 aliphatic rings. The van der Waals surface area contributed by atoms with E-state index in [1.807, 2.05) is 47.6 Å². The van der Waals surface area contributed by atoms with Gasteiger partial charge in [0.25, 0.3) is 0 Å². The van der Waals surface area contributed by atoms with Gasteiger partial charge in [-0.05, 0) is 18.2 Å². The largest absolute Gasteiger partial charge is 0.397 e. The van der Waals surface area contributed by atoms with Crippen molar-refractivity contribution in [2.75, 3.05) is 5.73 Å². The monoisotopic (exact) mass is 307 g/mol. The minimum atomic E-state index is 0.742. The van der Waals surface area contributed by atoms with Crippen LogP contribution in [0.3, 0.4) is 0 Å². The number of aryl methyl sites for hydroxylation is 1. The van der Waals surface area contributed by atoms with Gasteiger partial charge in [-0.3, -0.25) is 4.98 Å². The zero-order chi connectivity index (χ0) is 15.1. The van der Waals surface area contributed by atoms with E-state index in [1.165, 1.54) is 0 Å². The Labute approximate surface area is 131 Å². The predicted molar refractivity (Wildman–Crippen MR) is 89.5 cm³/mol. The van der Waals surface area contributed by atoms with Gasteiger partial charge in [0.05, 0.1) is 23.4 Å². The number of rotatable bonds is 2. The van der Waals surface area contributed by atoms with E-state index in [9.17, 15) is 0 Å². The summed E-state index contributed by atoms with van der Waals surface area (Å²) < 4.78 is 1.92. The van der Waals surface area contributed by atoms with Gasteiger partial charge in [-0.25, -0.2) is 9.97 Å². The van der Waals surface area contributed by atoms with E-state index >= 15 is 0 Å². The summed E-state index contributed by atoms with van der Waals surface area (Å²) in [5, 5.41) is 2.90. The molecule has 4 rings (SSSR count). The summed E-state index contributed by atoms with van der Waals surface area (Å²) >= 11 is 1.55. The van der Waals surface area contributed by atoms with E-state index in [0.29, 0.717) is 0 Å². The van der Waals surface area contributed by atoms with Crippen LogP contribution in [0.4, 0.5) is 5.69 Å². The van der Waals surface area contributed by atoms with E-state index in [1.54, 1.807) is 23.9 Å². The molecule has 0 bridgehead atoms. The van der Waals surface area contributed by atoms with Crippen molar-refractivity contribution in [2.24, 2.45) is 7.05 Å². The Morgan fingerprint density at radius 3 is 2.91 bits per heavy atom. The van der Waals surface area contributed by atoms with Crippen LogP contribution in [0.15, 0.2) is 48.5 Å². The highest BCUT2D eigenvalue weighted by molar-refractivity contribution is 7.17. The lowest BCUT2D eigenvalue weighted by atomic mass is 10.1. The van der Waals surface area contributed by atoms with E-state index in [0.717, 1.165) is 38.4 Å². The first-order valence-corrected chi connectivity index (χ1v) is 7.67. The SMILES string of the molecule is Cn1cnc(-c2cc(-c3cccnc3)nc3scc(N)c23)c1. The molecule has 2 N–H and O–H groups in total. The first kappa shape index (κ1) is 13.0. The normalized spacial score (nSPS) is 11.1. The molecule has 4 heterocycles. The van der Waals surface area contributed by atoms with Gasteiger partial charge in [0, 0.05) is 47.5 Å². The standard InChI is InChI=1S/C16H13N5S/c1-21-7-14(19-9-21)11-5-13(10-3-2-4-18-6-10)20-16-15(11)12(17)8-22-16/h2-9H,17H2,1H3. The van der Waals surface area contributed by atoms with Crippen LogP contribution >= 0.6 is 11.3 Å². The average Bonchev–Trinajstić information content (AvgIpc) is 3.14. The second kappa shape index (κ2) is 4.92. The molecule has 108 valence electrons. The number of anilines is 1. The number of hydrogen-bond donors (Lipinski definition) is 1. The molecule has 0 unspecified atom stereocenters. The Balaban J connectivity index is 2.02. The zero-order valence-electron chi connectivity index (χ0n) is 11.9. The van der Waals surface area contributed by atoms with Crippen LogP contribution in [0.25, 0.3) is 32.7 Å². The van der Waals surface area contributed by atoms with Crippen molar-refractivity contribution in [3.63, 3.8) is 0 Å². The summed E-state index contributed by atoms with van der Waals surface area (Å²) in [4.78, 5) is 14.3. The Morgan fingerprint density at radius 1 is 1.27 bits per heavy atom. The van der Waals surface area contributed by atoms with Crippen LogP contribution in [0, 0.1) is 0 Å². The summed E-state index contributed by atoms with van der Waals surface area (Å²) in [5.41, 5.74) is 10.6. The van der Waals surface area contributed by atoms with Gasteiger partial charge in [0.1, 0.15) is 4.83 Å². The maximum Gasteiger partial charge on any atom is 0.126 e. The highest BCUT2D eigenvalue weighted by atomic mass is 32.1. The van der Waals surface area contributed by atoms with Crippen molar-refractivity contribution >= 4 is 27.2 Å². The number of thiophene rings is 1. The van der Waals surface area contributed by atoms with Gasteiger partial charge in [-0.15, -0.1) is 11.3 Å². The molecule has 4 aromatic heterocycles. The zero-order valence-corrected chi connectivity index (χ0v) is 12.7. The highest BCUT2D eigenvalue weighted by Gasteiger charge is 2.15. The molecule has 0 saturated carbocycles. The van der Waals surface area contributed by atoms with E-state index in [-0.39, 0.29) is 0 Å². The Kier molecular flexibility index (Phi) is 2.90. The summed E-state index contributed by atoms with van der Waals surface area (Å²) in [5.74, 6) is 0. The first-order chi connectivity index (χ1) is 10.7. The van der Waals surface area contributed by atoms with E-state index in [4.69, 9.17) is 10.7 Å². The first-order valence-electron chi connectivity index (χ1n) is 6.79. The maximum absolute atomic E-state index is 6.13. The molecule has 4 aromatic rings. The fourth-order valence-corrected chi connectivity index (χ4v) is 3.33. The number of nitrogens with two attached hydrogens (primary N) is 1. The highest BCUT2D eigenvalue weighted by Crippen LogP contribution is 2.37. The van der Waals surface area contributed by atoms with Crippen LogP contribution in [0.5, 0.6) is 0 Å². The van der Waals surface area contributed by atoms with Crippen LogP contribution in [-0.2, 0) is 7.05 Å². The molecule has 22 heavy (non-hydrogen) atoms. The van der Waals surface area contributed by atoms with Gasteiger partial charge in [-0.2, -0.15) is 0 Å². The maximum atomic E-state index is 6.13. The Bertz CT molecular complexity index is 955. The lowest BCUT2D eigenvalue weighted by Gasteiger charge is -2.06. The number of hydrogen-bond acceptors (Lipinski definition) is 5. The molecular formula is C16H13N5S. The van der Waals surface area contributed by atoms with Crippen molar-refractivity contribution in [1.82, 2.24) is 19.5 Å². The fourth-order valence-electron chi connectivity index (χ4n) is 2.48. The van der Waals surface area contributed by atoms with E-state index in [2.05, 4.69) is 9.97 Å². The number of aromatic nitrogens is 4. The van der Waals surface area contributed by atoms with Gasteiger partial charge in [0.15, 0.2) is 0 Å². The molecule has 0 spiro atoms. The third-order valence-electron chi connectivity index (χ3n) is 3.51. The quantitative estimate of drug-likeness (QED) is 0.616. The van der Waals surface area contributed by atoms with Crippen molar-refractivity contribution in [3.05, 3.63) is 48.5 Å². The van der Waals surface area contributed by atoms with Crippen molar-refractivity contribution in [2.45, 2.75) is 0 Å². The predicted octanol–water partition coefficient (Wildman–Crippen LogP) is 3.34.